The first-order valence-electron chi connectivity index (χ1n) is 11.0. The third kappa shape index (κ3) is 5.61. The van der Waals surface area contributed by atoms with Gasteiger partial charge in [-0.25, -0.2) is 9.97 Å². The number of carboxylic acids is 1. The smallest absolute Gasteiger partial charge is 0.310 e. The molecule has 0 fully saturated rings. The Kier molecular flexibility index (Phi) is 7.22. The number of hydrogen-bond donors (Lipinski definition) is 1. The Labute approximate surface area is 198 Å². The summed E-state index contributed by atoms with van der Waals surface area (Å²) in [6, 6.07) is 20.6. The van der Waals surface area contributed by atoms with Gasteiger partial charge >= 0.3 is 5.97 Å². The molecule has 174 valence electrons. The third-order valence-electron chi connectivity index (χ3n) is 5.45. The zero-order valence-electron chi connectivity index (χ0n) is 19.1. The molecule has 0 bridgehead atoms. The number of aliphatic carboxylic acids is 1. The van der Waals surface area contributed by atoms with Crippen LogP contribution in [0, 0.1) is 6.92 Å². The minimum Gasteiger partial charge on any atom is -0.489 e. The van der Waals surface area contributed by atoms with Crippen LogP contribution in [0.15, 0.2) is 77.3 Å². The summed E-state index contributed by atoms with van der Waals surface area (Å²) >= 11 is 0. The van der Waals surface area contributed by atoms with Gasteiger partial charge in [0.25, 0.3) is 0 Å². The number of carbonyl (C=O) groups is 1. The number of hydrogen-bond acceptors (Lipinski definition) is 6. The molecule has 1 N–H and O–H groups in total. The Bertz CT molecular complexity index is 1240. The molecule has 0 aliphatic heterocycles. The van der Waals surface area contributed by atoms with E-state index in [1.54, 1.807) is 37.4 Å². The van der Waals surface area contributed by atoms with Crippen LogP contribution in [0.1, 0.15) is 35.4 Å². The molecule has 4 rings (SSSR count). The van der Waals surface area contributed by atoms with E-state index in [0.29, 0.717) is 36.1 Å². The van der Waals surface area contributed by atoms with Crippen molar-refractivity contribution >= 4 is 5.97 Å². The number of aryl methyl sites for hydroxylation is 1. The van der Waals surface area contributed by atoms with Crippen LogP contribution in [0.2, 0.25) is 0 Å². The minimum atomic E-state index is -0.892. The fourth-order valence-electron chi connectivity index (χ4n) is 3.46. The lowest BCUT2D eigenvalue weighted by Crippen LogP contribution is -2.09. The van der Waals surface area contributed by atoms with E-state index in [0.717, 1.165) is 22.6 Å². The van der Waals surface area contributed by atoms with Crippen LogP contribution in [0.3, 0.4) is 0 Å². The summed E-state index contributed by atoms with van der Waals surface area (Å²) in [7, 11) is 0. The molecule has 0 amide bonds. The van der Waals surface area contributed by atoms with E-state index in [9.17, 15) is 9.90 Å². The number of aromatic nitrogens is 2. The Hall–Kier alpha value is -4.13. The first-order chi connectivity index (χ1) is 16.5. The lowest BCUT2D eigenvalue weighted by molar-refractivity contribution is -0.138. The summed E-state index contributed by atoms with van der Waals surface area (Å²) in [6.45, 7) is 4.24. The van der Waals surface area contributed by atoms with Crippen LogP contribution in [0.5, 0.6) is 11.6 Å². The molecule has 0 saturated carbocycles. The molecule has 2 aromatic heterocycles. The van der Waals surface area contributed by atoms with Gasteiger partial charge < -0.3 is 19.0 Å². The van der Waals surface area contributed by atoms with Crippen molar-refractivity contribution in [2.24, 2.45) is 0 Å². The van der Waals surface area contributed by atoms with Crippen LogP contribution in [-0.4, -0.2) is 27.7 Å². The molecule has 7 heteroatoms. The molecule has 2 aromatic carbocycles. The fraction of sp³-hybridized carbons (Fsp3) is 0.222. The van der Waals surface area contributed by atoms with E-state index in [4.69, 9.17) is 13.9 Å². The number of pyridine rings is 1. The summed E-state index contributed by atoms with van der Waals surface area (Å²) in [4.78, 5) is 20.3. The molecular weight excluding hydrogens is 432 g/mol. The predicted octanol–water partition coefficient (Wildman–Crippen LogP) is 5.43. The molecule has 0 aliphatic carbocycles. The topological polar surface area (TPSA) is 94.7 Å². The molecule has 34 heavy (non-hydrogen) atoms. The molecule has 2 heterocycles. The predicted molar refractivity (Wildman–Crippen MR) is 127 cm³/mol. The fourth-order valence-corrected chi connectivity index (χ4v) is 3.46. The van der Waals surface area contributed by atoms with Gasteiger partial charge in [-0.05, 0) is 38.1 Å². The van der Waals surface area contributed by atoms with Crippen molar-refractivity contribution in [2.45, 2.75) is 32.8 Å². The summed E-state index contributed by atoms with van der Waals surface area (Å²) in [5.74, 6) is 0.900. The van der Waals surface area contributed by atoms with Gasteiger partial charge in [0.2, 0.25) is 11.8 Å². The third-order valence-corrected chi connectivity index (χ3v) is 5.45. The first-order valence-corrected chi connectivity index (χ1v) is 11.0. The average molecular weight is 459 g/mol. The van der Waals surface area contributed by atoms with E-state index in [2.05, 4.69) is 9.97 Å². The molecular formula is C27H26N2O5. The molecule has 7 nitrogen and oxygen atoms in total. The zero-order valence-corrected chi connectivity index (χ0v) is 19.1. The number of carboxylic acid groups (broad SMARTS) is 1. The van der Waals surface area contributed by atoms with Crippen LogP contribution >= 0.6 is 0 Å². The molecule has 0 saturated heterocycles. The summed E-state index contributed by atoms with van der Waals surface area (Å²) in [5.41, 5.74) is 3.29. The Morgan fingerprint density at radius 3 is 2.53 bits per heavy atom. The number of rotatable bonds is 10. The van der Waals surface area contributed by atoms with Crippen LogP contribution in [-0.2, 0) is 17.8 Å². The Morgan fingerprint density at radius 2 is 1.79 bits per heavy atom. The minimum absolute atomic E-state index is 0.275. The molecule has 1 unspecified atom stereocenters. The van der Waals surface area contributed by atoms with Gasteiger partial charge in [0.1, 0.15) is 18.1 Å². The van der Waals surface area contributed by atoms with Gasteiger partial charge in [-0.3, -0.25) is 4.79 Å². The summed E-state index contributed by atoms with van der Waals surface area (Å²) in [5, 5.41) is 9.30. The molecule has 1 atom stereocenters. The number of benzene rings is 2. The largest absolute Gasteiger partial charge is 0.489 e. The van der Waals surface area contributed by atoms with E-state index < -0.39 is 11.9 Å². The van der Waals surface area contributed by atoms with E-state index in [1.165, 1.54) is 0 Å². The van der Waals surface area contributed by atoms with Crippen molar-refractivity contribution in [3.8, 4) is 23.1 Å². The molecule has 4 aromatic rings. The lowest BCUT2D eigenvalue weighted by Gasteiger charge is -2.14. The number of oxazole rings is 1. The quantitative estimate of drug-likeness (QED) is 0.338. The second-order valence-electron chi connectivity index (χ2n) is 7.88. The van der Waals surface area contributed by atoms with Crippen LogP contribution < -0.4 is 9.47 Å². The Morgan fingerprint density at radius 1 is 1.03 bits per heavy atom. The summed E-state index contributed by atoms with van der Waals surface area (Å²) in [6.07, 6.45) is 2.29. The first kappa shape index (κ1) is 23.0. The Balaban J connectivity index is 1.30. The number of ether oxygens (including phenoxy) is 2. The molecule has 0 spiro atoms. The van der Waals surface area contributed by atoms with Gasteiger partial charge in [-0.1, -0.05) is 36.4 Å². The van der Waals surface area contributed by atoms with Crippen molar-refractivity contribution in [2.75, 3.05) is 6.61 Å². The zero-order chi connectivity index (χ0) is 23.9. The standard InChI is InChI=1S/C27H26N2O5/c1-18(27(30)31)22-10-6-7-11-24(22)33-17-20-12-13-25(28-16-20)32-15-14-23-19(2)34-26(29-23)21-8-4-3-5-9-21/h3-13,16,18H,14-15,17H2,1-2H3,(H,30,31). The van der Waals surface area contributed by atoms with Crippen molar-refractivity contribution in [3.05, 3.63) is 95.5 Å². The van der Waals surface area contributed by atoms with Crippen molar-refractivity contribution in [1.82, 2.24) is 9.97 Å². The second kappa shape index (κ2) is 10.7. The SMILES string of the molecule is Cc1oc(-c2ccccc2)nc1CCOc1ccc(COc2ccccc2C(C)C(=O)O)cn1. The molecule has 0 aliphatic rings. The van der Waals surface area contributed by atoms with Crippen LogP contribution in [0.4, 0.5) is 0 Å². The normalized spacial score (nSPS) is 11.7. The van der Waals surface area contributed by atoms with Gasteiger partial charge in [0.05, 0.1) is 18.2 Å². The highest BCUT2D eigenvalue weighted by Crippen LogP contribution is 2.27. The second-order valence-corrected chi connectivity index (χ2v) is 7.88. The highest BCUT2D eigenvalue weighted by molar-refractivity contribution is 5.76. The van der Waals surface area contributed by atoms with Gasteiger partial charge in [0.15, 0.2) is 0 Å². The van der Waals surface area contributed by atoms with Gasteiger partial charge in [0, 0.05) is 35.4 Å². The van der Waals surface area contributed by atoms with E-state index in [1.807, 2.05) is 49.4 Å². The number of nitrogens with zero attached hydrogens (tertiary/aromatic N) is 2. The average Bonchev–Trinajstić information content (AvgIpc) is 3.24. The van der Waals surface area contributed by atoms with Crippen LogP contribution in [0.25, 0.3) is 11.5 Å². The highest BCUT2D eigenvalue weighted by atomic mass is 16.5. The maximum Gasteiger partial charge on any atom is 0.310 e. The van der Waals surface area contributed by atoms with Crippen molar-refractivity contribution < 1.29 is 23.8 Å². The monoisotopic (exact) mass is 458 g/mol. The van der Waals surface area contributed by atoms with Gasteiger partial charge in [-0.2, -0.15) is 0 Å². The highest BCUT2D eigenvalue weighted by Gasteiger charge is 2.18. The number of para-hydroxylation sites is 1. The van der Waals surface area contributed by atoms with E-state index in [-0.39, 0.29) is 6.61 Å². The summed E-state index contributed by atoms with van der Waals surface area (Å²) < 4.78 is 17.4. The van der Waals surface area contributed by atoms with E-state index >= 15 is 0 Å². The lowest BCUT2D eigenvalue weighted by atomic mass is 10.0. The molecule has 0 radical (unpaired) electrons. The van der Waals surface area contributed by atoms with Crippen molar-refractivity contribution in [3.63, 3.8) is 0 Å². The maximum absolute atomic E-state index is 11.3. The van der Waals surface area contributed by atoms with Crippen molar-refractivity contribution in [1.29, 1.82) is 0 Å². The maximum atomic E-state index is 11.3. The van der Waals surface area contributed by atoms with Gasteiger partial charge in [-0.15, -0.1) is 0 Å².